The van der Waals surface area contributed by atoms with E-state index in [2.05, 4.69) is 5.32 Å². The van der Waals surface area contributed by atoms with Crippen molar-refractivity contribution in [2.24, 2.45) is 0 Å². The normalized spacial score (nSPS) is 9.86. The van der Waals surface area contributed by atoms with Crippen molar-refractivity contribution in [3.63, 3.8) is 0 Å². The van der Waals surface area contributed by atoms with Crippen molar-refractivity contribution in [1.82, 2.24) is 5.32 Å². The third kappa shape index (κ3) is 2.49. The van der Waals surface area contributed by atoms with Gasteiger partial charge in [-0.1, -0.05) is 13.0 Å². The van der Waals surface area contributed by atoms with Crippen LogP contribution in [0.3, 0.4) is 0 Å². The van der Waals surface area contributed by atoms with Crippen LogP contribution in [-0.2, 0) is 0 Å². The third-order valence-corrected chi connectivity index (χ3v) is 1.93. The molecule has 3 heteroatoms. The molecule has 0 fully saturated rings. The summed E-state index contributed by atoms with van der Waals surface area (Å²) in [6, 6.07) is 5.02. The van der Waals surface area contributed by atoms with E-state index in [4.69, 9.17) is 0 Å². The molecule has 0 aliphatic carbocycles. The van der Waals surface area contributed by atoms with Crippen molar-refractivity contribution < 1.29 is 9.90 Å². The highest BCUT2D eigenvalue weighted by Gasteiger charge is 2.09. The molecule has 0 heterocycles. The molecule has 0 saturated heterocycles. The number of rotatable bonds is 3. The molecule has 1 aromatic carbocycles. The summed E-state index contributed by atoms with van der Waals surface area (Å²) in [6.45, 7) is 4.48. The Morgan fingerprint density at radius 2 is 2.21 bits per heavy atom. The van der Waals surface area contributed by atoms with Gasteiger partial charge in [-0.05, 0) is 31.0 Å². The fourth-order valence-electron chi connectivity index (χ4n) is 1.17. The van der Waals surface area contributed by atoms with E-state index in [0.717, 1.165) is 12.0 Å². The molecule has 0 aliphatic heterocycles. The summed E-state index contributed by atoms with van der Waals surface area (Å²) >= 11 is 0. The molecule has 0 aliphatic rings. The second kappa shape index (κ2) is 4.65. The summed E-state index contributed by atoms with van der Waals surface area (Å²) in [7, 11) is 0. The highest BCUT2D eigenvalue weighted by molar-refractivity contribution is 5.96. The van der Waals surface area contributed by atoms with Crippen LogP contribution in [0.2, 0.25) is 0 Å². The number of amides is 1. The summed E-state index contributed by atoms with van der Waals surface area (Å²) in [5, 5.41) is 12.2. The average Bonchev–Trinajstić information content (AvgIpc) is 2.14. The van der Waals surface area contributed by atoms with E-state index in [9.17, 15) is 9.90 Å². The van der Waals surface area contributed by atoms with E-state index < -0.39 is 0 Å². The van der Waals surface area contributed by atoms with Gasteiger partial charge < -0.3 is 10.4 Å². The maximum Gasteiger partial charge on any atom is 0.255 e. The zero-order valence-electron chi connectivity index (χ0n) is 8.50. The highest BCUT2D eigenvalue weighted by atomic mass is 16.3. The van der Waals surface area contributed by atoms with E-state index in [1.54, 1.807) is 18.2 Å². The number of aromatic hydroxyl groups is 1. The molecule has 0 aromatic heterocycles. The standard InChI is InChI=1S/C11H15NO2/c1-3-6-12-11(14)9-5-4-8(2)7-10(9)13/h4-5,7,13H,3,6H2,1-2H3,(H,12,14). The van der Waals surface area contributed by atoms with Crippen molar-refractivity contribution in [3.8, 4) is 5.75 Å². The topological polar surface area (TPSA) is 49.3 Å². The van der Waals surface area contributed by atoms with Gasteiger partial charge in [0.15, 0.2) is 0 Å². The van der Waals surface area contributed by atoms with E-state index in [-0.39, 0.29) is 11.7 Å². The molecule has 0 radical (unpaired) electrons. The van der Waals surface area contributed by atoms with Gasteiger partial charge in [0.25, 0.3) is 5.91 Å². The van der Waals surface area contributed by atoms with Crippen molar-refractivity contribution in [1.29, 1.82) is 0 Å². The number of nitrogens with one attached hydrogen (secondary N) is 1. The number of carbonyl (C=O) groups excluding carboxylic acids is 1. The highest BCUT2D eigenvalue weighted by Crippen LogP contribution is 2.17. The molecule has 0 unspecified atom stereocenters. The predicted molar refractivity (Wildman–Crippen MR) is 55.5 cm³/mol. The van der Waals surface area contributed by atoms with Gasteiger partial charge in [-0.25, -0.2) is 0 Å². The number of carbonyl (C=O) groups is 1. The Bertz CT molecular complexity index is 334. The van der Waals surface area contributed by atoms with Crippen LogP contribution in [0.25, 0.3) is 0 Å². The Hall–Kier alpha value is -1.51. The van der Waals surface area contributed by atoms with Crippen LogP contribution in [0, 0.1) is 6.92 Å². The number of benzene rings is 1. The summed E-state index contributed by atoms with van der Waals surface area (Å²) in [4.78, 5) is 11.5. The van der Waals surface area contributed by atoms with Crippen molar-refractivity contribution in [2.75, 3.05) is 6.54 Å². The van der Waals surface area contributed by atoms with Gasteiger partial charge in [-0.15, -0.1) is 0 Å². The summed E-state index contributed by atoms with van der Waals surface area (Å²) in [5.41, 5.74) is 1.28. The Morgan fingerprint density at radius 1 is 1.50 bits per heavy atom. The molecule has 76 valence electrons. The molecule has 0 bridgehead atoms. The minimum atomic E-state index is -0.218. The Labute approximate surface area is 83.8 Å². The van der Waals surface area contributed by atoms with Crippen LogP contribution in [0.15, 0.2) is 18.2 Å². The van der Waals surface area contributed by atoms with Crippen molar-refractivity contribution in [3.05, 3.63) is 29.3 Å². The number of hydrogen-bond donors (Lipinski definition) is 2. The van der Waals surface area contributed by atoms with Gasteiger partial charge in [0.05, 0.1) is 5.56 Å². The van der Waals surface area contributed by atoms with Gasteiger partial charge >= 0.3 is 0 Å². The van der Waals surface area contributed by atoms with E-state index in [1.807, 2.05) is 13.8 Å². The summed E-state index contributed by atoms with van der Waals surface area (Å²) in [6.07, 6.45) is 0.887. The Balaban J connectivity index is 2.80. The maximum atomic E-state index is 11.5. The Kier molecular flexibility index (Phi) is 3.51. The molecule has 14 heavy (non-hydrogen) atoms. The summed E-state index contributed by atoms with van der Waals surface area (Å²) in [5.74, 6) is -0.178. The zero-order valence-corrected chi connectivity index (χ0v) is 8.50. The van der Waals surface area contributed by atoms with Crippen LogP contribution in [0.1, 0.15) is 29.3 Å². The summed E-state index contributed by atoms with van der Waals surface area (Å²) < 4.78 is 0. The first-order valence-electron chi connectivity index (χ1n) is 4.73. The van der Waals surface area contributed by atoms with Crippen LogP contribution in [0.5, 0.6) is 5.75 Å². The first-order valence-corrected chi connectivity index (χ1v) is 4.73. The molecule has 0 spiro atoms. The second-order valence-electron chi connectivity index (χ2n) is 3.28. The van der Waals surface area contributed by atoms with Crippen LogP contribution < -0.4 is 5.32 Å². The second-order valence-corrected chi connectivity index (χ2v) is 3.28. The smallest absolute Gasteiger partial charge is 0.255 e. The largest absolute Gasteiger partial charge is 0.507 e. The lowest BCUT2D eigenvalue weighted by atomic mass is 10.1. The zero-order chi connectivity index (χ0) is 10.6. The van der Waals surface area contributed by atoms with Gasteiger partial charge in [-0.3, -0.25) is 4.79 Å². The molecule has 0 saturated carbocycles. The van der Waals surface area contributed by atoms with E-state index in [0.29, 0.717) is 12.1 Å². The van der Waals surface area contributed by atoms with Gasteiger partial charge in [0.2, 0.25) is 0 Å². The fraction of sp³-hybridized carbons (Fsp3) is 0.364. The fourth-order valence-corrected chi connectivity index (χ4v) is 1.17. The number of phenols is 1. The first-order chi connectivity index (χ1) is 6.65. The first kappa shape index (κ1) is 10.6. The van der Waals surface area contributed by atoms with Crippen LogP contribution in [-0.4, -0.2) is 17.6 Å². The Morgan fingerprint density at radius 3 is 2.79 bits per heavy atom. The van der Waals surface area contributed by atoms with Gasteiger partial charge in [0.1, 0.15) is 5.75 Å². The van der Waals surface area contributed by atoms with E-state index >= 15 is 0 Å². The number of phenolic OH excluding ortho intramolecular Hbond substituents is 1. The lowest BCUT2D eigenvalue weighted by Crippen LogP contribution is -2.23. The predicted octanol–water partition coefficient (Wildman–Crippen LogP) is 1.84. The SMILES string of the molecule is CCCNC(=O)c1ccc(C)cc1O. The molecular weight excluding hydrogens is 178 g/mol. The minimum absolute atomic E-state index is 0.0404. The lowest BCUT2D eigenvalue weighted by Gasteiger charge is -2.05. The van der Waals surface area contributed by atoms with Crippen LogP contribution >= 0.6 is 0 Å². The lowest BCUT2D eigenvalue weighted by molar-refractivity contribution is 0.0951. The van der Waals surface area contributed by atoms with Crippen molar-refractivity contribution >= 4 is 5.91 Å². The third-order valence-electron chi connectivity index (χ3n) is 1.93. The molecule has 1 rings (SSSR count). The molecule has 0 atom stereocenters. The molecule has 2 N–H and O–H groups in total. The molecule has 3 nitrogen and oxygen atoms in total. The van der Waals surface area contributed by atoms with Crippen molar-refractivity contribution in [2.45, 2.75) is 20.3 Å². The quantitative estimate of drug-likeness (QED) is 0.769. The van der Waals surface area contributed by atoms with Gasteiger partial charge in [-0.2, -0.15) is 0 Å². The number of hydrogen-bond acceptors (Lipinski definition) is 2. The monoisotopic (exact) mass is 193 g/mol. The van der Waals surface area contributed by atoms with Crippen LogP contribution in [0.4, 0.5) is 0 Å². The van der Waals surface area contributed by atoms with E-state index in [1.165, 1.54) is 0 Å². The maximum absolute atomic E-state index is 11.5. The molecular formula is C11H15NO2. The van der Waals surface area contributed by atoms with Gasteiger partial charge in [0, 0.05) is 6.54 Å². The number of aryl methyl sites for hydroxylation is 1. The minimum Gasteiger partial charge on any atom is -0.507 e. The average molecular weight is 193 g/mol. The molecule has 1 aromatic rings. The molecule has 1 amide bonds.